The second kappa shape index (κ2) is 11.1. The topological polar surface area (TPSA) is 111 Å². The highest BCUT2D eigenvalue weighted by atomic mass is 32.1. The molecule has 1 aliphatic heterocycles. The first-order valence-corrected chi connectivity index (χ1v) is 12.9. The van der Waals surface area contributed by atoms with E-state index in [1.54, 1.807) is 11.0 Å². The van der Waals surface area contributed by atoms with Crippen molar-refractivity contribution < 1.29 is 14.6 Å². The highest BCUT2D eigenvalue weighted by Crippen LogP contribution is 2.40. The molecule has 2 aliphatic rings. The van der Waals surface area contributed by atoms with Gasteiger partial charge < -0.3 is 20.1 Å². The van der Waals surface area contributed by atoms with Gasteiger partial charge in [0.25, 0.3) is 0 Å². The zero-order chi connectivity index (χ0) is 25.8. The summed E-state index contributed by atoms with van der Waals surface area (Å²) in [4.78, 5) is 13.9. The summed E-state index contributed by atoms with van der Waals surface area (Å²) in [6.45, 7) is 10.9. The zero-order valence-corrected chi connectivity index (χ0v) is 21.6. The van der Waals surface area contributed by atoms with Gasteiger partial charge in [0.1, 0.15) is 21.8 Å². The summed E-state index contributed by atoms with van der Waals surface area (Å²) in [7, 11) is 0. The fourth-order valence-corrected chi connectivity index (χ4v) is 5.26. The summed E-state index contributed by atoms with van der Waals surface area (Å²) < 4.78 is 5.71. The molecule has 188 valence electrons. The molecule has 0 saturated carbocycles. The number of urea groups is 1. The van der Waals surface area contributed by atoms with E-state index in [1.165, 1.54) is 22.5 Å². The molecule has 4 rings (SSSR count). The maximum Gasteiger partial charge on any atom is 0.317 e. The second-order valence-electron chi connectivity index (χ2n) is 9.40. The molecule has 1 saturated heterocycles. The summed E-state index contributed by atoms with van der Waals surface area (Å²) >= 11 is 1.53. The number of amides is 2. The second-order valence-corrected chi connectivity index (χ2v) is 10.4. The number of aliphatic hydroxyl groups is 1. The van der Waals surface area contributed by atoms with E-state index in [2.05, 4.69) is 34.2 Å². The van der Waals surface area contributed by atoms with Gasteiger partial charge in [-0.2, -0.15) is 5.26 Å². The van der Waals surface area contributed by atoms with Crippen molar-refractivity contribution in [3.63, 3.8) is 0 Å². The van der Waals surface area contributed by atoms with Gasteiger partial charge in [0.15, 0.2) is 0 Å². The number of carbonyl (C=O) groups is 1. The third-order valence-corrected chi connectivity index (χ3v) is 7.41. The lowest BCUT2D eigenvalue weighted by Crippen LogP contribution is -2.57. The number of fused-ring (bicyclic) bond motifs is 1. The number of β-amino-alcohol motifs (C(OH)–C–C–N with tert-alkyl or cyclic N) is 1. The van der Waals surface area contributed by atoms with Gasteiger partial charge in [-0.15, -0.1) is 10.2 Å². The van der Waals surface area contributed by atoms with Crippen LogP contribution in [0.15, 0.2) is 48.3 Å². The molecule has 1 fully saturated rings. The van der Waals surface area contributed by atoms with Gasteiger partial charge in [-0.3, -0.25) is 0 Å². The van der Waals surface area contributed by atoms with E-state index in [-0.39, 0.29) is 23.6 Å². The van der Waals surface area contributed by atoms with Crippen LogP contribution in [0.4, 0.5) is 4.79 Å². The van der Waals surface area contributed by atoms with E-state index in [0.717, 1.165) is 34.0 Å². The Kier molecular flexibility index (Phi) is 7.87. The minimum absolute atomic E-state index is 0.0656. The molecule has 1 aliphatic carbocycles. The Bertz CT molecular complexity index is 1250. The summed E-state index contributed by atoms with van der Waals surface area (Å²) in [6, 6.07) is 8.17. The third-order valence-electron chi connectivity index (χ3n) is 6.32. The molecule has 8 nitrogen and oxygen atoms in total. The number of aromatic nitrogens is 2. The van der Waals surface area contributed by atoms with Crippen molar-refractivity contribution in [3.8, 4) is 16.6 Å². The van der Waals surface area contributed by atoms with Crippen molar-refractivity contribution >= 4 is 22.9 Å². The quantitative estimate of drug-likeness (QED) is 0.312. The first-order valence-electron chi connectivity index (χ1n) is 12.1. The van der Waals surface area contributed by atoms with Gasteiger partial charge in [0.05, 0.1) is 30.9 Å². The first-order chi connectivity index (χ1) is 17.3. The fraction of sp³-hybridized carbons (Fsp3) is 0.407. The number of carbonyl (C=O) groups excluding carboxylic acids is 1. The molecular formula is C27H31N5O3S. The first kappa shape index (κ1) is 25.6. The number of rotatable bonds is 8. The van der Waals surface area contributed by atoms with Gasteiger partial charge in [-0.1, -0.05) is 42.2 Å². The lowest BCUT2D eigenvalue weighted by Gasteiger charge is -2.36. The van der Waals surface area contributed by atoms with Gasteiger partial charge in [0.2, 0.25) is 0 Å². The summed E-state index contributed by atoms with van der Waals surface area (Å²) in [5, 5.41) is 32.1. The lowest BCUT2D eigenvalue weighted by atomic mass is 9.98. The molecule has 1 atom stereocenters. The number of allylic oxidation sites excluding steroid dienone is 4. The van der Waals surface area contributed by atoms with Gasteiger partial charge in [-0.05, 0) is 56.4 Å². The molecule has 2 heterocycles. The number of aliphatic hydroxyl groups excluding tert-OH is 1. The van der Waals surface area contributed by atoms with Gasteiger partial charge in [-0.25, -0.2) is 4.79 Å². The van der Waals surface area contributed by atoms with Gasteiger partial charge in [0, 0.05) is 18.0 Å². The molecule has 36 heavy (non-hydrogen) atoms. The van der Waals surface area contributed by atoms with Crippen LogP contribution in [-0.4, -0.2) is 58.1 Å². The number of hydrogen-bond donors (Lipinski definition) is 2. The van der Waals surface area contributed by atoms with E-state index in [1.807, 2.05) is 39.0 Å². The Morgan fingerprint density at radius 1 is 1.39 bits per heavy atom. The molecule has 0 bridgehead atoms. The van der Waals surface area contributed by atoms with E-state index in [9.17, 15) is 15.2 Å². The number of nitriles is 1. The Hall–Kier alpha value is -3.48. The lowest BCUT2D eigenvalue weighted by molar-refractivity contribution is 0.0266. The summed E-state index contributed by atoms with van der Waals surface area (Å²) in [5.74, 6) is 0.697. The van der Waals surface area contributed by atoms with Gasteiger partial charge >= 0.3 is 6.03 Å². The van der Waals surface area contributed by atoms with Crippen LogP contribution in [0.1, 0.15) is 49.2 Å². The molecule has 2 aromatic rings. The molecule has 1 unspecified atom stereocenters. The minimum atomic E-state index is -0.399. The SMILES string of the molecule is C=C(C#N)C(=CC=C(C)c1nnc(-c2cccc3c2CCC3CNC(=O)N2CC(O)C2)s1)OC(C)C. The maximum atomic E-state index is 12.2. The molecular weight excluding hydrogens is 474 g/mol. The Balaban J connectivity index is 1.48. The average Bonchev–Trinajstić information content (AvgIpc) is 3.49. The summed E-state index contributed by atoms with van der Waals surface area (Å²) in [6.07, 6.45) is 5.05. The Morgan fingerprint density at radius 3 is 2.86 bits per heavy atom. The van der Waals surface area contributed by atoms with Crippen LogP contribution in [0.25, 0.3) is 16.1 Å². The predicted molar refractivity (Wildman–Crippen MR) is 140 cm³/mol. The van der Waals surface area contributed by atoms with Crippen LogP contribution in [-0.2, 0) is 11.2 Å². The van der Waals surface area contributed by atoms with E-state index >= 15 is 0 Å². The highest BCUT2D eigenvalue weighted by molar-refractivity contribution is 7.15. The highest BCUT2D eigenvalue weighted by Gasteiger charge is 2.30. The van der Waals surface area contributed by atoms with Crippen molar-refractivity contribution in [2.75, 3.05) is 19.6 Å². The van der Waals surface area contributed by atoms with E-state index < -0.39 is 6.10 Å². The number of nitrogens with one attached hydrogen (secondary N) is 1. The molecule has 1 aromatic carbocycles. The predicted octanol–water partition coefficient (Wildman–Crippen LogP) is 4.41. The van der Waals surface area contributed by atoms with Crippen LogP contribution < -0.4 is 5.32 Å². The van der Waals surface area contributed by atoms with E-state index in [4.69, 9.17) is 4.74 Å². The minimum Gasteiger partial charge on any atom is -0.490 e. The molecule has 1 aromatic heterocycles. The standard InChI is InChI=1S/C27H31N5O3S/c1-16(2)35-24(18(4)12-28)11-8-17(3)25-30-31-26(36-25)23-7-5-6-21-19(9-10-22(21)23)13-29-27(34)32-14-20(33)15-32/h5-8,11,16,19-20,33H,4,9-10,13-15H2,1-3H3,(H,29,34). The van der Waals surface area contributed by atoms with Crippen LogP contribution in [0, 0.1) is 11.3 Å². The summed E-state index contributed by atoms with van der Waals surface area (Å²) in [5.41, 5.74) is 4.78. The molecule has 0 radical (unpaired) electrons. The van der Waals surface area contributed by atoms with Crippen molar-refractivity contribution in [2.45, 2.75) is 51.7 Å². The monoisotopic (exact) mass is 505 g/mol. The smallest absolute Gasteiger partial charge is 0.317 e. The van der Waals surface area contributed by atoms with Crippen molar-refractivity contribution in [1.82, 2.24) is 20.4 Å². The fourth-order valence-electron chi connectivity index (χ4n) is 4.38. The number of ether oxygens (including phenoxy) is 1. The molecule has 2 amide bonds. The number of benzene rings is 1. The Labute approximate surface area is 215 Å². The molecule has 9 heteroatoms. The van der Waals surface area contributed by atoms with Crippen LogP contribution in [0.5, 0.6) is 0 Å². The van der Waals surface area contributed by atoms with Crippen LogP contribution in [0.3, 0.4) is 0 Å². The van der Waals surface area contributed by atoms with E-state index in [0.29, 0.717) is 25.4 Å². The van der Waals surface area contributed by atoms with Crippen molar-refractivity contribution in [1.29, 1.82) is 5.26 Å². The number of likely N-dealkylation sites (tertiary alicyclic amines) is 1. The maximum absolute atomic E-state index is 12.2. The number of hydrogen-bond acceptors (Lipinski definition) is 7. The largest absolute Gasteiger partial charge is 0.490 e. The molecule has 2 N–H and O–H groups in total. The average molecular weight is 506 g/mol. The third kappa shape index (κ3) is 5.66. The molecule has 0 spiro atoms. The van der Waals surface area contributed by atoms with Crippen LogP contribution >= 0.6 is 11.3 Å². The normalized spacial score (nSPS) is 18.0. The zero-order valence-electron chi connectivity index (χ0n) is 20.8. The van der Waals surface area contributed by atoms with Crippen molar-refractivity contribution in [2.24, 2.45) is 0 Å². The van der Waals surface area contributed by atoms with Crippen LogP contribution in [0.2, 0.25) is 0 Å². The number of nitrogens with zero attached hydrogens (tertiary/aromatic N) is 4. The van der Waals surface area contributed by atoms with Crippen molar-refractivity contribution in [3.05, 3.63) is 64.4 Å². The Morgan fingerprint density at radius 2 is 2.17 bits per heavy atom.